The maximum Gasteiger partial charge on any atom is 0.190 e. The molecule has 1 N–H and O–H groups in total. The number of nitrogens with zero attached hydrogens (tertiary/aromatic N) is 3. The molecule has 84 valence electrons. The van der Waals surface area contributed by atoms with Crippen LogP contribution in [0, 0.1) is 0 Å². The van der Waals surface area contributed by atoms with Gasteiger partial charge in [-0.3, -0.25) is 0 Å². The number of hydrogen-bond donors (Lipinski definition) is 1. The Kier molecular flexibility index (Phi) is 4.02. The fraction of sp³-hybridized carbons (Fsp3) is 0.800. The van der Waals surface area contributed by atoms with Crippen LogP contribution in [0.25, 0.3) is 0 Å². The van der Waals surface area contributed by atoms with Gasteiger partial charge in [0.2, 0.25) is 0 Å². The summed E-state index contributed by atoms with van der Waals surface area (Å²) in [5.74, 6) is 1.13. The Morgan fingerprint density at radius 1 is 1.60 bits per heavy atom. The molecule has 1 aromatic heterocycles. The van der Waals surface area contributed by atoms with E-state index in [2.05, 4.69) is 15.5 Å². The summed E-state index contributed by atoms with van der Waals surface area (Å²) >= 11 is 1.80. The summed E-state index contributed by atoms with van der Waals surface area (Å²) in [6.45, 7) is 1.19. The van der Waals surface area contributed by atoms with Crippen molar-refractivity contribution >= 4 is 11.8 Å². The molecule has 4 nitrogen and oxygen atoms in total. The van der Waals surface area contributed by atoms with E-state index in [0.717, 1.165) is 17.0 Å². The monoisotopic (exact) mass is 226 g/mol. The lowest BCUT2D eigenvalue weighted by molar-refractivity contribution is 0.394. The molecule has 2 heterocycles. The predicted octanol–water partition coefficient (Wildman–Crippen LogP) is 1.44. The molecule has 0 radical (unpaired) electrons. The van der Waals surface area contributed by atoms with Crippen LogP contribution in [0.2, 0.25) is 0 Å². The normalized spacial score (nSPS) is 21.8. The molecule has 2 rings (SSSR count). The van der Waals surface area contributed by atoms with Crippen molar-refractivity contribution in [3.63, 3.8) is 0 Å². The van der Waals surface area contributed by atoms with Crippen LogP contribution in [0.4, 0.5) is 0 Å². The lowest BCUT2D eigenvalue weighted by Gasteiger charge is -2.22. The number of aromatic nitrogens is 3. The fourth-order valence-corrected chi connectivity index (χ4v) is 2.81. The number of nitrogens with one attached hydrogen (secondary N) is 1. The van der Waals surface area contributed by atoms with Crippen molar-refractivity contribution in [2.75, 3.05) is 12.3 Å². The second-order valence-corrected chi connectivity index (χ2v) is 5.07. The molecule has 0 aromatic carbocycles. The minimum Gasteiger partial charge on any atom is -0.314 e. The van der Waals surface area contributed by atoms with Crippen molar-refractivity contribution < 1.29 is 0 Å². The molecule has 1 aromatic rings. The molecular weight excluding hydrogens is 208 g/mol. The van der Waals surface area contributed by atoms with Gasteiger partial charge in [0.15, 0.2) is 5.16 Å². The minimum atomic E-state index is 0.722. The van der Waals surface area contributed by atoms with Crippen LogP contribution < -0.4 is 5.32 Å². The molecule has 1 unspecified atom stereocenters. The SMILES string of the molecule is Cn1cnnc1SCCC1CCCCN1. The summed E-state index contributed by atoms with van der Waals surface area (Å²) in [6, 6.07) is 0.722. The number of hydrogen-bond acceptors (Lipinski definition) is 4. The van der Waals surface area contributed by atoms with Crippen LogP contribution in [0.1, 0.15) is 25.7 Å². The van der Waals surface area contributed by atoms with Gasteiger partial charge >= 0.3 is 0 Å². The third-order valence-corrected chi connectivity index (χ3v) is 3.85. The molecule has 0 bridgehead atoms. The summed E-state index contributed by atoms with van der Waals surface area (Å²) in [7, 11) is 1.99. The third kappa shape index (κ3) is 3.21. The summed E-state index contributed by atoms with van der Waals surface area (Å²) < 4.78 is 1.97. The Balaban J connectivity index is 1.68. The lowest BCUT2D eigenvalue weighted by Crippen LogP contribution is -2.34. The maximum atomic E-state index is 4.05. The van der Waals surface area contributed by atoms with Gasteiger partial charge in [0.1, 0.15) is 6.33 Å². The Morgan fingerprint density at radius 2 is 2.53 bits per heavy atom. The van der Waals surface area contributed by atoms with Crippen molar-refractivity contribution in [3.8, 4) is 0 Å². The second kappa shape index (κ2) is 5.51. The van der Waals surface area contributed by atoms with Crippen molar-refractivity contribution in [3.05, 3.63) is 6.33 Å². The number of aryl methyl sites for hydroxylation is 1. The van der Waals surface area contributed by atoms with Crippen LogP contribution in [-0.2, 0) is 7.05 Å². The molecule has 1 aliphatic rings. The molecule has 0 amide bonds. The molecule has 5 heteroatoms. The van der Waals surface area contributed by atoms with E-state index >= 15 is 0 Å². The molecule has 15 heavy (non-hydrogen) atoms. The molecule has 1 atom stereocenters. The Bertz CT molecular complexity index is 293. The van der Waals surface area contributed by atoms with E-state index in [-0.39, 0.29) is 0 Å². The van der Waals surface area contributed by atoms with Crippen LogP contribution in [0.3, 0.4) is 0 Å². The molecule has 0 spiro atoms. The van der Waals surface area contributed by atoms with E-state index in [0.29, 0.717) is 0 Å². The van der Waals surface area contributed by atoms with Gasteiger partial charge in [0, 0.05) is 18.8 Å². The molecule has 1 fully saturated rings. The van der Waals surface area contributed by atoms with Crippen molar-refractivity contribution in [1.29, 1.82) is 0 Å². The van der Waals surface area contributed by atoms with Gasteiger partial charge in [0.25, 0.3) is 0 Å². The fourth-order valence-electron chi connectivity index (χ4n) is 1.87. The van der Waals surface area contributed by atoms with Gasteiger partial charge in [-0.25, -0.2) is 0 Å². The number of rotatable bonds is 4. The first-order chi connectivity index (χ1) is 7.36. The minimum absolute atomic E-state index is 0.722. The van der Waals surface area contributed by atoms with Crippen LogP contribution in [-0.4, -0.2) is 33.1 Å². The first-order valence-electron chi connectivity index (χ1n) is 5.56. The van der Waals surface area contributed by atoms with Crippen LogP contribution in [0.15, 0.2) is 11.5 Å². The third-order valence-electron chi connectivity index (χ3n) is 2.78. The first kappa shape index (κ1) is 11.0. The van der Waals surface area contributed by atoms with E-state index in [4.69, 9.17) is 0 Å². The average Bonchev–Trinajstić information content (AvgIpc) is 2.66. The highest BCUT2D eigenvalue weighted by Gasteiger charge is 2.12. The Labute approximate surface area is 94.8 Å². The Hall–Kier alpha value is -0.550. The summed E-state index contributed by atoms with van der Waals surface area (Å²) in [6.07, 6.45) is 7.04. The average molecular weight is 226 g/mol. The van der Waals surface area contributed by atoms with Crippen molar-refractivity contribution in [2.45, 2.75) is 36.9 Å². The first-order valence-corrected chi connectivity index (χ1v) is 6.55. The number of piperidine rings is 1. The van der Waals surface area contributed by atoms with E-state index in [9.17, 15) is 0 Å². The molecule has 0 saturated carbocycles. The van der Waals surface area contributed by atoms with E-state index < -0.39 is 0 Å². The van der Waals surface area contributed by atoms with E-state index in [1.54, 1.807) is 18.1 Å². The van der Waals surface area contributed by atoms with E-state index in [1.165, 1.54) is 32.2 Å². The standard InChI is InChI=1S/C10H18N4S/c1-14-8-12-13-10(14)15-7-5-9-4-2-3-6-11-9/h8-9,11H,2-7H2,1H3. The summed E-state index contributed by atoms with van der Waals surface area (Å²) in [4.78, 5) is 0. The molecule has 1 aliphatic heterocycles. The zero-order valence-corrected chi connectivity index (χ0v) is 9.96. The maximum absolute atomic E-state index is 4.05. The summed E-state index contributed by atoms with van der Waals surface area (Å²) in [5.41, 5.74) is 0. The van der Waals surface area contributed by atoms with Crippen molar-refractivity contribution in [1.82, 2.24) is 20.1 Å². The Morgan fingerprint density at radius 3 is 3.20 bits per heavy atom. The quantitative estimate of drug-likeness (QED) is 0.789. The van der Waals surface area contributed by atoms with Gasteiger partial charge in [-0.1, -0.05) is 18.2 Å². The largest absolute Gasteiger partial charge is 0.314 e. The number of thioether (sulfide) groups is 1. The lowest BCUT2D eigenvalue weighted by atomic mass is 10.0. The van der Waals surface area contributed by atoms with Gasteiger partial charge in [0.05, 0.1) is 0 Å². The highest BCUT2D eigenvalue weighted by Crippen LogP contribution is 2.18. The van der Waals surface area contributed by atoms with Gasteiger partial charge in [-0.2, -0.15) is 0 Å². The molecule has 1 saturated heterocycles. The van der Waals surface area contributed by atoms with Crippen LogP contribution >= 0.6 is 11.8 Å². The zero-order valence-electron chi connectivity index (χ0n) is 9.15. The highest BCUT2D eigenvalue weighted by atomic mass is 32.2. The molecule has 0 aliphatic carbocycles. The molecular formula is C10H18N4S. The predicted molar refractivity (Wildman–Crippen MR) is 62.0 cm³/mol. The highest BCUT2D eigenvalue weighted by molar-refractivity contribution is 7.99. The van der Waals surface area contributed by atoms with E-state index in [1.807, 2.05) is 11.6 Å². The topological polar surface area (TPSA) is 42.7 Å². The van der Waals surface area contributed by atoms with Gasteiger partial charge in [-0.15, -0.1) is 10.2 Å². The second-order valence-electron chi connectivity index (χ2n) is 4.01. The smallest absolute Gasteiger partial charge is 0.190 e. The zero-order chi connectivity index (χ0) is 10.5. The van der Waals surface area contributed by atoms with Gasteiger partial charge < -0.3 is 9.88 Å². The van der Waals surface area contributed by atoms with Gasteiger partial charge in [-0.05, 0) is 25.8 Å². The van der Waals surface area contributed by atoms with Crippen molar-refractivity contribution in [2.24, 2.45) is 7.05 Å². The van der Waals surface area contributed by atoms with Crippen LogP contribution in [0.5, 0.6) is 0 Å². The summed E-state index contributed by atoms with van der Waals surface area (Å²) in [5, 5.41) is 12.5.